The maximum Gasteiger partial charge on any atom is 0.315 e. The van der Waals surface area contributed by atoms with Crippen molar-refractivity contribution in [1.82, 2.24) is 25.4 Å². The van der Waals surface area contributed by atoms with Crippen LogP contribution in [0.15, 0.2) is 0 Å². The molecule has 0 spiro atoms. The molecule has 6 nitrogen and oxygen atoms in total. The largest absolute Gasteiger partial charge is 0.338 e. The fraction of sp³-hybridized carbons (Fsp3) is 0.786. The van der Waals surface area contributed by atoms with Gasteiger partial charge in [0, 0.05) is 19.5 Å². The van der Waals surface area contributed by atoms with Gasteiger partial charge in [0.15, 0.2) is 5.82 Å². The molecule has 21 heavy (non-hydrogen) atoms. The van der Waals surface area contributed by atoms with Gasteiger partial charge < -0.3 is 15.2 Å². The van der Waals surface area contributed by atoms with Crippen LogP contribution in [0, 0.1) is 0 Å². The molecule has 1 aliphatic heterocycles. The minimum atomic E-state index is -0.128. The van der Waals surface area contributed by atoms with E-state index in [2.05, 4.69) is 32.3 Å². The van der Waals surface area contributed by atoms with Crippen molar-refractivity contribution in [2.45, 2.75) is 52.1 Å². The molecular weight excluding hydrogens is 286 g/mol. The highest BCUT2D eigenvalue weighted by atomic mass is 32.2. The smallest absolute Gasteiger partial charge is 0.315 e. The van der Waals surface area contributed by atoms with Crippen LogP contribution in [0.3, 0.4) is 0 Å². The van der Waals surface area contributed by atoms with Gasteiger partial charge in [-0.1, -0.05) is 6.92 Å². The molecule has 1 atom stereocenters. The monoisotopic (exact) mass is 311 g/mol. The van der Waals surface area contributed by atoms with E-state index in [0.29, 0.717) is 6.54 Å². The molecule has 0 unspecified atom stereocenters. The van der Waals surface area contributed by atoms with E-state index in [9.17, 15) is 4.79 Å². The fourth-order valence-corrected chi connectivity index (χ4v) is 3.12. The Morgan fingerprint density at radius 2 is 2.29 bits per heavy atom. The van der Waals surface area contributed by atoms with E-state index in [1.54, 1.807) is 0 Å². The van der Waals surface area contributed by atoms with Crippen LogP contribution in [-0.4, -0.2) is 38.8 Å². The lowest BCUT2D eigenvalue weighted by Crippen LogP contribution is -2.38. The number of hydrogen-bond donors (Lipinski definition) is 2. The Morgan fingerprint density at radius 3 is 3.10 bits per heavy atom. The summed E-state index contributed by atoms with van der Waals surface area (Å²) in [6.45, 7) is 5.77. The minimum absolute atomic E-state index is 0.116. The first-order valence-corrected chi connectivity index (χ1v) is 8.92. The Kier molecular flexibility index (Phi) is 6.35. The third-order valence-corrected chi connectivity index (χ3v) is 4.56. The highest BCUT2D eigenvalue weighted by Crippen LogP contribution is 2.18. The van der Waals surface area contributed by atoms with Crippen molar-refractivity contribution in [1.29, 1.82) is 0 Å². The quantitative estimate of drug-likeness (QED) is 0.757. The van der Waals surface area contributed by atoms with Gasteiger partial charge in [-0.2, -0.15) is 11.8 Å². The summed E-state index contributed by atoms with van der Waals surface area (Å²) in [6.07, 6.45) is 4.32. The summed E-state index contributed by atoms with van der Waals surface area (Å²) in [4.78, 5) is 11.9. The number of urea groups is 1. The molecule has 0 radical (unpaired) electrons. The number of aryl methyl sites for hydroxylation is 1. The molecule has 0 aliphatic carbocycles. The third-order valence-electron chi connectivity index (χ3n) is 3.58. The molecule has 0 aromatic carbocycles. The first-order chi connectivity index (χ1) is 10.2. The third kappa shape index (κ3) is 4.62. The van der Waals surface area contributed by atoms with E-state index in [4.69, 9.17) is 0 Å². The van der Waals surface area contributed by atoms with Crippen molar-refractivity contribution in [2.75, 3.05) is 18.1 Å². The molecule has 2 heterocycles. The lowest BCUT2D eigenvalue weighted by molar-refractivity contribution is 0.237. The topological polar surface area (TPSA) is 71.8 Å². The number of nitrogens with one attached hydrogen (secondary N) is 2. The summed E-state index contributed by atoms with van der Waals surface area (Å²) in [7, 11) is 0. The van der Waals surface area contributed by atoms with E-state index in [0.717, 1.165) is 49.0 Å². The van der Waals surface area contributed by atoms with Gasteiger partial charge in [0.05, 0.1) is 6.04 Å². The van der Waals surface area contributed by atoms with Gasteiger partial charge in [0.1, 0.15) is 5.82 Å². The van der Waals surface area contributed by atoms with E-state index in [1.807, 2.05) is 18.7 Å². The van der Waals surface area contributed by atoms with Crippen LogP contribution in [0.1, 0.15) is 50.8 Å². The Labute approximate surface area is 130 Å². The van der Waals surface area contributed by atoms with E-state index >= 15 is 0 Å². The normalized spacial score (nSPS) is 15.3. The molecule has 1 aliphatic rings. The second-order valence-corrected chi connectivity index (χ2v) is 6.65. The number of carbonyl (C=O) groups excluding carboxylic acids is 1. The molecular formula is C14H25N5OS. The average Bonchev–Trinajstić information content (AvgIpc) is 2.91. The lowest BCUT2D eigenvalue weighted by atomic mass is 10.1. The maximum absolute atomic E-state index is 11.9. The molecule has 2 amide bonds. The predicted octanol–water partition coefficient (Wildman–Crippen LogP) is 2.12. The lowest BCUT2D eigenvalue weighted by Gasteiger charge is -2.19. The Bertz CT molecular complexity index is 462. The number of fused-ring (bicyclic) bond motifs is 1. The first-order valence-electron chi connectivity index (χ1n) is 7.76. The average molecular weight is 311 g/mol. The van der Waals surface area contributed by atoms with Gasteiger partial charge in [-0.3, -0.25) is 0 Å². The summed E-state index contributed by atoms with van der Waals surface area (Å²) in [6, 6.07) is -0.244. The number of amides is 2. The second-order valence-electron chi connectivity index (χ2n) is 5.26. The van der Waals surface area contributed by atoms with Crippen LogP contribution >= 0.6 is 11.8 Å². The van der Waals surface area contributed by atoms with Crippen molar-refractivity contribution in [3.8, 4) is 0 Å². The number of aromatic nitrogens is 3. The van der Waals surface area contributed by atoms with Gasteiger partial charge in [0.2, 0.25) is 0 Å². The predicted molar refractivity (Wildman–Crippen MR) is 85.5 cm³/mol. The highest BCUT2D eigenvalue weighted by molar-refractivity contribution is 7.99. The zero-order valence-electron chi connectivity index (χ0n) is 12.9. The molecule has 0 saturated heterocycles. The van der Waals surface area contributed by atoms with Gasteiger partial charge >= 0.3 is 6.03 Å². The van der Waals surface area contributed by atoms with Crippen molar-refractivity contribution >= 4 is 17.8 Å². The van der Waals surface area contributed by atoms with Crippen LogP contribution in [0.2, 0.25) is 0 Å². The van der Waals surface area contributed by atoms with Crippen LogP contribution < -0.4 is 10.6 Å². The molecule has 2 N–H and O–H groups in total. The zero-order valence-corrected chi connectivity index (χ0v) is 13.7. The van der Waals surface area contributed by atoms with Gasteiger partial charge in [0.25, 0.3) is 0 Å². The molecule has 2 rings (SSSR count). The van der Waals surface area contributed by atoms with Crippen molar-refractivity contribution in [2.24, 2.45) is 0 Å². The van der Waals surface area contributed by atoms with E-state index in [1.165, 1.54) is 6.42 Å². The Balaban J connectivity index is 1.77. The van der Waals surface area contributed by atoms with Crippen LogP contribution in [0.5, 0.6) is 0 Å². The van der Waals surface area contributed by atoms with E-state index in [-0.39, 0.29) is 12.1 Å². The molecule has 118 valence electrons. The molecule has 1 aromatic rings. The summed E-state index contributed by atoms with van der Waals surface area (Å²) < 4.78 is 2.15. The number of nitrogens with zero attached hydrogens (tertiary/aromatic N) is 3. The van der Waals surface area contributed by atoms with Crippen molar-refractivity contribution in [3.05, 3.63) is 11.6 Å². The SMILES string of the molecule is CCSCCCNC(=O)N[C@H](C)c1nnc2n1CCCC2. The zero-order chi connectivity index (χ0) is 15.1. The standard InChI is InChI=1S/C14H25N5OS/c1-3-21-10-6-8-15-14(20)16-11(2)13-18-17-12-7-4-5-9-19(12)13/h11H,3-10H2,1-2H3,(H2,15,16,20)/t11-/m1/s1. The summed E-state index contributed by atoms with van der Waals surface area (Å²) in [5.41, 5.74) is 0. The minimum Gasteiger partial charge on any atom is -0.338 e. The summed E-state index contributed by atoms with van der Waals surface area (Å²) in [5.74, 6) is 4.12. The Hall–Kier alpha value is -1.24. The number of rotatable bonds is 7. The summed E-state index contributed by atoms with van der Waals surface area (Å²) >= 11 is 1.89. The molecule has 0 bridgehead atoms. The van der Waals surface area contributed by atoms with Crippen molar-refractivity contribution in [3.63, 3.8) is 0 Å². The maximum atomic E-state index is 11.9. The number of carbonyl (C=O) groups is 1. The second kappa shape index (κ2) is 8.26. The molecule has 0 fully saturated rings. The molecule has 1 aromatic heterocycles. The van der Waals surface area contributed by atoms with Gasteiger partial charge in [-0.25, -0.2) is 4.79 Å². The number of thioether (sulfide) groups is 1. The summed E-state index contributed by atoms with van der Waals surface area (Å²) in [5, 5.41) is 14.3. The van der Waals surface area contributed by atoms with Gasteiger partial charge in [-0.05, 0) is 37.7 Å². The van der Waals surface area contributed by atoms with Gasteiger partial charge in [-0.15, -0.1) is 10.2 Å². The van der Waals surface area contributed by atoms with E-state index < -0.39 is 0 Å². The first kappa shape index (κ1) is 16.1. The highest BCUT2D eigenvalue weighted by Gasteiger charge is 2.20. The molecule has 0 saturated carbocycles. The number of hydrogen-bond acceptors (Lipinski definition) is 4. The van der Waals surface area contributed by atoms with Crippen molar-refractivity contribution < 1.29 is 4.79 Å². The van der Waals surface area contributed by atoms with Crippen LogP contribution in [0.25, 0.3) is 0 Å². The fourth-order valence-electron chi connectivity index (χ4n) is 2.48. The van der Waals surface area contributed by atoms with Crippen LogP contribution in [-0.2, 0) is 13.0 Å². The van der Waals surface area contributed by atoms with Crippen LogP contribution in [0.4, 0.5) is 4.79 Å². The molecule has 7 heteroatoms. The Morgan fingerprint density at radius 1 is 1.43 bits per heavy atom.